The normalized spacial score (nSPS) is 18.8. The van der Waals surface area contributed by atoms with Crippen LogP contribution in [0, 0.1) is 5.92 Å². The lowest BCUT2D eigenvalue weighted by atomic mass is 9.94. The Bertz CT molecular complexity index is 1160. The first kappa shape index (κ1) is 24.9. The molecular weight excluding hydrogens is 456 g/mol. The zero-order valence-corrected chi connectivity index (χ0v) is 21.0. The minimum atomic E-state index is -3.70. The van der Waals surface area contributed by atoms with Crippen molar-refractivity contribution in [1.29, 1.82) is 0 Å². The molecule has 1 N–H and O–H groups in total. The molecule has 34 heavy (non-hydrogen) atoms. The zero-order valence-electron chi connectivity index (χ0n) is 20.2. The number of likely N-dealkylation sites (tertiary alicyclic amines) is 1. The summed E-state index contributed by atoms with van der Waals surface area (Å²) >= 11 is 0. The molecule has 2 aliphatic heterocycles. The second-order valence-electron chi connectivity index (χ2n) is 9.77. The fourth-order valence-electron chi connectivity index (χ4n) is 5.04. The lowest BCUT2D eigenvalue weighted by molar-refractivity contribution is -0.122. The van der Waals surface area contributed by atoms with Crippen LogP contribution in [-0.2, 0) is 14.8 Å². The second-order valence-corrected chi connectivity index (χ2v) is 11.7. The summed E-state index contributed by atoms with van der Waals surface area (Å²) in [7, 11) is -3.70. The summed E-state index contributed by atoms with van der Waals surface area (Å²) in [6.07, 6.45) is 5.27. The predicted molar refractivity (Wildman–Crippen MR) is 130 cm³/mol. The molecule has 2 aliphatic rings. The highest BCUT2D eigenvalue weighted by molar-refractivity contribution is 7.89. The van der Waals surface area contributed by atoms with Crippen molar-refractivity contribution in [3.05, 3.63) is 28.7 Å². The van der Waals surface area contributed by atoms with Crippen LogP contribution < -0.4 is 11.1 Å². The van der Waals surface area contributed by atoms with Crippen molar-refractivity contribution in [3.8, 4) is 0 Å². The van der Waals surface area contributed by atoms with Gasteiger partial charge in [0.2, 0.25) is 15.9 Å². The van der Waals surface area contributed by atoms with Crippen molar-refractivity contribution in [1.82, 2.24) is 19.1 Å². The number of aromatic nitrogens is 1. The highest BCUT2D eigenvalue weighted by Gasteiger charge is 2.31. The number of carbonyl (C=O) groups excluding carboxylic acids is 1. The quantitative estimate of drug-likeness (QED) is 0.540. The molecule has 3 heterocycles. The highest BCUT2D eigenvalue weighted by atomic mass is 32.2. The number of amides is 1. The highest BCUT2D eigenvalue weighted by Crippen LogP contribution is 2.28. The molecule has 0 atom stereocenters. The standard InChI is InChI=1S/C24H36N4O5S/c1-18(2)28-21-7-6-20(17-22(21)33-24(28)30)34(31,32)27-14-8-19(9-15-27)16-23(29)25-10-5-13-26-11-3-4-12-26/h6-7,17-19H,3-5,8-16H2,1-2H3,(H,25,29). The number of nitrogens with one attached hydrogen (secondary N) is 1. The van der Waals surface area contributed by atoms with Gasteiger partial charge in [0.25, 0.3) is 0 Å². The Morgan fingerprint density at radius 2 is 1.85 bits per heavy atom. The number of oxazole rings is 1. The predicted octanol–water partition coefficient (Wildman–Crippen LogP) is 2.57. The van der Waals surface area contributed by atoms with Crippen LogP contribution in [0.5, 0.6) is 0 Å². The van der Waals surface area contributed by atoms with E-state index < -0.39 is 15.8 Å². The molecule has 1 amide bonds. The third-order valence-corrected chi connectivity index (χ3v) is 8.85. The first-order valence-electron chi connectivity index (χ1n) is 12.4. The van der Waals surface area contributed by atoms with Gasteiger partial charge in [0.1, 0.15) is 0 Å². The van der Waals surface area contributed by atoms with Crippen molar-refractivity contribution in [2.75, 3.05) is 39.3 Å². The molecular formula is C24H36N4O5S. The molecule has 1 aromatic heterocycles. The maximum Gasteiger partial charge on any atom is 0.420 e. The van der Waals surface area contributed by atoms with Crippen LogP contribution in [0.1, 0.15) is 58.4 Å². The van der Waals surface area contributed by atoms with Gasteiger partial charge in [-0.2, -0.15) is 4.31 Å². The molecule has 0 bridgehead atoms. The van der Waals surface area contributed by atoms with Gasteiger partial charge in [-0.15, -0.1) is 0 Å². The fourth-order valence-corrected chi connectivity index (χ4v) is 6.53. The molecule has 0 radical (unpaired) electrons. The summed E-state index contributed by atoms with van der Waals surface area (Å²) in [6, 6.07) is 4.52. The number of fused-ring (bicyclic) bond motifs is 1. The van der Waals surface area contributed by atoms with Gasteiger partial charge in [0, 0.05) is 38.2 Å². The summed E-state index contributed by atoms with van der Waals surface area (Å²) < 4.78 is 34.6. The average Bonchev–Trinajstić information content (AvgIpc) is 3.43. The minimum Gasteiger partial charge on any atom is -0.408 e. The van der Waals surface area contributed by atoms with Crippen LogP contribution in [0.4, 0.5) is 0 Å². The van der Waals surface area contributed by atoms with Gasteiger partial charge in [-0.25, -0.2) is 13.2 Å². The Morgan fingerprint density at radius 1 is 1.15 bits per heavy atom. The van der Waals surface area contributed by atoms with Crippen LogP contribution in [0.15, 0.2) is 32.3 Å². The van der Waals surface area contributed by atoms with Crippen LogP contribution in [0.3, 0.4) is 0 Å². The molecule has 0 aliphatic carbocycles. The molecule has 10 heteroatoms. The summed E-state index contributed by atoms with van der Waals surface area (Å²) in [6.45, 7) is 8.58. The van der Waals surface area contributed by atoms with Crippen LogP contribution in [0.25, 0.3) is 11.1 Å². The molecule has 0 unspecified atom stereocenters. The van der Waals surface area contributed by atoms with Crippen LogP contribution >= 0.6 is 0 Å². The van der Waals surface area contributed by atoms with Gasteiger partial charge in [-0.1, -0.05) is 0 Å². The van der Waals surface area contributed by atoms with Crippen LogP contribution in [-0.4, -0.2) is 67.4 Å². The van der Waals surface area contributed by atoms with Gasteiger partial charge >= 0.3 is 5.76 Å². The Hall–Kier alpha value is -2.17. The van der Waals surface area contributed by atoms with E-state index >= 15 is 0 Å². The van der Waals surface area contributed by atoms with Crippen molar-refractivity contribution >= 4 is 27.0 Å². The Kier molecular flexibility index (Phi) is 7.79. The number of carbonyl (C=O) groups is 1. The van der Waals surface area contributed by atoms with Gasteiger partial charge in [-0.3, -0.25) is 9.36 Å². The van der Waals surface area contributed by atoms with Gasteiger partial charge in [0.15, 0.2) is 5.58 Å². The van der Waals surface area contributed by atoms with Crippen molar-refractivity contribution < 1.29 is 17.6 Å². The smallest absolute Gasteiger partial charge is 0.408 e. The zero-order chi connectivity index (χ0) is 24.3. The number of rotatable bonds is 9. The van der Waals surface area contributed by atoms with E-state index in [4.69, 9.17) is 4.42 Å². The molecule has 2 saturated heterocycles. The number of sulfonamides is 1. The Morgan fingerprint density at radius 3 is 2.53 bits per heavy atom. The van der Waals surface area contributed by atoms with E-state index in [-0.39, 0.29) is 28.3 Å². The van der Waals surface area contributed by atoms with E-state index in [9.17, 15) is 18.0 Å². The van der Waals surface area contributed by atoms with Crippen molar-refractivity contribution in [3.63, 3.8) is 0 Å². The van der Waals surface area contributed by atoms with E-state index in [1.165, 1.54) is 46.9 Å². The van der Waals surface area contributed by atoms with Crippen molar-refractivity contribution in [2.45, 2.75) is 63.3 Å². The van der Waals surface area contributed by atoms with Gasteiger partial charge in [-0.05, 0) is 83.6 Å². The molecule has 2 aromatic rings. The summed E-state index contributed by atoms with van der Waals surface area (Å²) in [5.74, 6) is -0.252. The van der Waals surface area contributed by atoms with Crippen molar-refractivity contribution in [2.24, 2.45) is 5.92 Å². The summed E-state index contributed by atoms with van der Waals surface area (Å²) in [5, 5.41) is 3.02. The summed E-state index contributed by atoms with van der Waals surface area (Å²) in [5.41, 5.74) is 0.861. The second kappa shape index (κ2) is 10.6. The average molecular weight is 493 g/mol. The van der Waals surface area contributed by atoms with E-state index in [2.05, 4.69) is 10.2 Å². The van der Waals surface area contributed by atoms with Gasteiger partial charge in [0.05, 0.1) is 10.4 Å². The molecule has 1 aromatic carbocycles. The fraction of sp³-hybridized carbons (Fsp3) is 0.667. The monoisotopic (exact) mass is 492 g/mol. The largest absolute Gasteiger partial charge is 0.420 e. The molecule has 188 valence electrons. The molecule has 0 spiro atoms. The van der Waals surface area contributed by atoms with E-state index in [1.54, 1.807) is 6.07 Å². The number of nitrogens with zero attached hydrogens (tertiary/aromatic N) is 3. The molecule has 4 rings (SSSR count). The Labute approximate surface area is 201 Å². The lowest BCUT2D eigenvalue weighted by Crippen LogP contribution is -2.39. The van der Waals surface area contributed by atoms with E-state index in [0.717, 1.165) is 13.0 Å². The molecule has 0 saturated carbocycles. The number of piperidine rings is 1. The maximum absolute atomic E-state index is 13.2. The minimum absolute atomic E-state index is 0.0536. The van der Waals surface area contributed by atoms with E-state index in [1.807, 2.05) is 13.8 Å². The third-order valence-electron chi connectivity index (χ3n) is 6.96. The van der Waals surface area contributed by atoms with Crippen LogP contribution in [0.2, 0.25) is 0 Å². The molecule has 9 nitrogen and oxygen atoms in total. The SMILES string of the molecule is CC(C)n1c(=O)oc2cc(S(=O)(=O)N3CCC(CC(=O)NCCCN4CCCC4)CC3)ccc21. The summed E-state index contributed by atoms with van der Waals surface area (Å²) in [4.78, 5) is 27.0. The Balaban J connectivity index is 1.28. The van der Waals surface area contributed by atoms with Gasteiger partial charge < -0.3 is 14.6 Å². The number of hydrogen-bond acceptors (Lipinski definition) is 6. The first-order valence-corrected chi connectivity index (χ1v) is 13.8. The lowest BCUT2D eigenvalue weighted by Gasteiger charge is -2.31. The number of benzene rings is 1. The maximum atomic E-state index is 13.2. The third kappa shape index (κ3) is 5.55. The van der Waals surface area contributed by atoms with E-state index in [0.29, 0.717) is 44.4 Å². The molecule has 2 fully saturated rings. The topological polar surface area (TPSA) is 105 Å². The number of hydrogen-bond donors (Lipinski definition) is 1. The first-order chi connectivity index (χ1) is 16.3.